The molecule has 5 nitrogen and oxygen atoms in total. The number of nitrogens with zero attached hydrogens (tertiary/aromatic N) is 2. The standard InChI is InChI=1S/C18H22N2O3/c1-21-17-5-2-15(3-6-17)16-4-7-18(19-14-16)23-13-10-20-8-11-22-12-9-20/h2-7,14H,8-13H2,1H3. The molecule has 122 valence electrons. The van der Waals surface area contributed by atoms with E-state index in [1.807, 2.05) is 42.6 Å². The minimum atomic E-state index is 0.648. The van der Waals surface area contributed by atoms with E-state index in [1.54, 1.807) is 7.11 Å². The minimum Gasteiger partial charge on any atom is -0.497 e. The Balaban J connectivity index is 1.51. The molecule has 1 fully saturated rings. The van der Waals surface area contributed by atoms with E-state index in [4.69, 9.17) is 14.2 Å². The van der Waals surface area contributed by atoms with E-state index in [9.17, 15) is 0 Å². The van der Waals surface area contributed by atoms with E-state index < -0.39 is 0 Å². The molecule has 5 heteroatoms. The number of rotatable bonds is 6. The number of hydrogen-bond acceptors (Lipinski definition) is 5. The largest absolute Gasteiger partial charge is 0.497 e. The Kier molecular flexibility index (Phi) is 5.45. The molecule has 1 aliphatic rings. The lowest BCUT2D eigenvalue weighted by molar-refractivity contribution is 0.0320. The van der Waals surface area contributed by atoms with Crippen LogP contribution in [0.3, 0.4) is 0 Å². The summed E-state index contributed by atoms with van der Waals surface area (Å²) in [6, 6.07) is 11.9. The Bertz CT molecular complexity index is 593. The summed E-state index contributed by atoms with van der Waals surface area (Å²) in [6.07, 6.45) is 1.84. The summed E-state index contributed by atoms with van der Waals surface area (Å²) in [4.78, 5) is 6.73. The molecule has 1 aromatic carbocycles. The zero-order valence-corrected chi connectivity index (χ0v) is 13.4. The van der Waals surface area contributed by atoms with Crippen molar-refractivity contribution in [1.29, 1.82) is 0 Å². The van der Waals surface area contributed by atoms with Crippen LogP contribution in [0.5, 0.6) is 11.6 Å². The van der Waals surface area contributed by atoms with Crippen molar-refractivity contribution in [3.63, 3.8) is 0 Å². The van der Waals surface area contributed by atoms with E-state index in [1.165, 1.54) is 0 Å². The fourth-order valence-electron chi connectivity index (χ4n) is 2.52. The Labute approximate surface area is 136 Å². The fourth-order valence-corrected chi connectivity index (χ4v) is 2.52. The predicted octanol–water partition coefficient (Wildman–Crippen LogP) is 2.47. The number of ether oxygens (including phenoxy) is 3. The molecule has 0 N–H and O–H groups in total. The van der Waals surface area contributed by atoms with Gasteiger partial charge in [-0.15, -0.1) is 0 Å². The van der Waals surface area contributed by atoms with Gasteiger partial charge in [-0.2, -0.15) is 0 Å². The summed E-state index contributed by atoms with van der Waals surface area (Å²) < 4.78 is 16.2. The molecule has 0 bridgehead atoms. The molecule has 0 atom stereocenters. The SMILES string of the molecule is COc1ccc(-c2ccc(OCCN3CCOCC3)nc2)cc1. The molecule has 23 heavy (non-hydrogen) atoms. The van der Waals surface area contributed by atoms with Crippen LogP contribution in [0, 0.1) is 0 Å². The van der Waals surface area contributed by atoms with Gasteiger partial charge in [0.1, 0.15) is 12.4 Å². The molecule has 0 radical (unpaired) electrons. The second-order valence-electron chi connectivity index (χ2n) is 5.42. The number of pyridine rings is 1. The smallest absolute Gasteiger partial charge is 0.213 e. The van der Waals surface area contributed by atoms with Crippen molar-refractivity contribution in [2.75, 3.05) is 46.6 Å². The summed E-state index contributed by atoms with van der Waals surface area (Å²) in [5.74, 6) is 1.51. The molecule has 0 unspecified atom stereocenters. The highest BCUT2D eigenvalue weighted by Gasteiger charge is 2.09. The van der Waals surface area contributed by atoms with Crippen molar-refractivity contribution in [1.82, 2.24) is 9.88 Å². The number of methoxy groups -OCH3 is 1. The first kappa shape index (κ1) is 15.8. The molecule has 0 saturated carbocycles. The highest BCUT2D eigenvalue weighted by Crippen LogP contribution is 2.22. The number of morpholine rings is 1. The maximum Gasteiger partial charge on any atom is 0.213 e. The lowest BCUT2D eigenvalue weighted by Gasteiger charge is -2.26. The highest BCUT2D eigenvalue weighted by atomic mass is 16.5. The van der Waals surface area contributed by atoms with Gasteiger partial charge in [-0.25, -0.2) is 4.98 Å². The average Bonchev–Trinajstić information content (AvgIpc) is 2.63. The van der Waals surface area contributed by atoms with Gasteiger partial charge < -0.3 is 14.2 Å². The molecule has 1 aromatic heterocycles. The van der Waals surface area contributed by atoms with Gasteiger partial charge in [0.15, 0.2) is 0 Å². The first-order valence-electron chi connectivity index (χ1n) is 7.88. The topological polar surface area (TPSA) is 43.8 Å². The molecule has 0 amide bonds. The van der Waals surface area contributed by atoms with Gasteiger partial charge in [0, 0.05) is 37.5 Å². The number of hydrogen-bond donors (Lipinski definition) is 0. The molecule has 3 rings (SSSR count). The van der Waals surface area contributed by atoms with Crippen molar-refractivity contribution in [2.45, 2.75) is 0 Å². The van der Waals surface area contributed by atoms with Gasteiger partial charge in [-0.3, -0.25) is 4.90 Å². The number of benzene rings is 1. The third kappa shape index (κ3) is 4.43. The number of aromatic nitrogens is 1. The first-order chi connectivity index (χ1) is 11.3. The van der Waals surface area contributed by atoms with Crippen LogP contribution in [0.2, 0.25) is 0 Å². The second-order valence-corrected chi connectivity index (χ2v) is 5.42. The van der Waals surface area contributed by atoms with Crippen LogP contribution >= 0.6 is 0 Å². The average molecular weight is 314 g/mol. The Hall–Kier alpha value is -2.11. The first-order valence-corrected chi connectivity index (χ1v) is 7.88. The lowest BCUT2D eigenvalue weighted by atomic mass is 10.1. The molecule has 0 aliphatic carbocycles. The van der Waals surface area contributed by atoms with E-state index in [0.29, 0.717) is 12.5 Å². The van der Waals surface area contributed by atoms with Gasteiger partial charge in [0.2, 0.25) is 5.88 Å². The van der Waals surface area contributed by atoms with Crippen LogP contribution in [-0.4, -0.2) is 56.4 Å². The monoisotopic (exact) mass is 314 g/mol. The molecule has 0 spiro atoms. The van der Waals surface area contributed by atoms with Crippen LogP contribution in [0.25, 0.3) is 11.1 Å². The summed E-state index contributed by atoms with van der Waals surface area (Å²) in [5, 5.41) is 0. The molecule has 2 heterocycles. The van der Waals surface area contributed by atoms with Crippen LogP contribution in [0.15, 0.2) is 42.6 Å². The Morgan fingerprint density at radius 1 is 1.04 bits per heavy atom. The molecule has 1 aliphatic heterocycles. The van der Waals surface area contributed by atoms with E-state index >= 15 is 0 Å². The maximum absolute atomic E-state index is 5.72. The quantitative estimate of drug-likeness (QED) is 0.819. The van der Waals surface area contributed by atoms with Crippen molar-refractivity contribution < 1.29 is 14.2 Å². The van der Waals surface area contributed by atoms with Gasteiger partial charge in [-0.05, 0) is 23.8 Å². The van der Waals surface area contributed by atoms with Crippen LogP contribution in [0.4, 0.5) is 0 Å². The van der Waals surface area contributed by atoms with Gasteiger partial charge in [-0.1, -0.05) is 12.1 Å². The lowest BCUT2D eigenvalue weighted by Crippen LogP contribution is -2.38. The zero-order chi connectivity index (χ0) is 15.9. The molecule has 1 saturated heterocycles. The normalized spacial score (nSPS) is 15.3. The molecule has 2 aromatic rings. The summed E-state index contributed by atoms with van der Waals surface area (Å²) in [5.41, 5.74) is 2.17. The molecular formula is C18H22N2O3. The van der Waals surface area contributed by atoms with Gasteiger partial charge in [0.25, 0.3) is 0 Å². The fraction of sp³-hybridized carbons (Fsp3) is 0.389. The zero-order valence-electron chi connectivity index (χ0n) is 13.4. The van der Waals surface area contributed by atoms with E-state index in [2.05, 4.69) is 9.88 Å². The highest BCUT2D eigenvalue weighted by molar-refractivity contribution is 5.63. The van der Waals surface area contributed by atoms with Crippen molar-refractivity contribution in [2.24, 2.45) is 0 Å². The van der Waals surface area contributed by atoms with E-state index in [-0.39, 0.29) is 0 Å². The van der Waals surface area contributed by atoms with Crippen molar-refractivity contribution >= 4 is 0 Å². The van der Waals surface area contributed by atoms with Gasteiger partial charge in [0.05, 0.1) is 20.3 Å². The second kappa shape index (κ2) is 7.94. The van der Waals surface area contributed by atoms with Crippen molar-refractivity contribution in [3.8, 4) is 22.8 Å². The summed E-state index contributed by atoms with van der Waals surface area (Å²) in [6.45, 7) is 5.14. The third-order valence-electron chi connectivity index (χ3n) is 3.92. The van der Waals surface area contributed by atoms with E-state index in [0.717, 1.165) is 49.7 Å². The van der Waals surface area contributed by atoms with Crippen LogP contribution in [0.1, 0.15) is 0 Å². The third-order valence-corrected chi connectivity index (χ3v) is 3.92. The Morgan fingerprint density at radius 3 is 2.43 bits per heavy atom. The minimum absolute atomic E-state index is 0.648. The summed E-state index contributed by atoms with van der Waals surface area (Å²) >= 11 is 0. The van der Waals surface area contributed by atoms with Crippen LogP contribution < -0.4 is 9.47 Å². The predicted molar refractivity (Wildman–Crippen MR) is 89.0 cm³/mol. The van der Waals surface area contributed by atoms with Crippen LogP contribution in [-0.2, 0) is 4.74 Å². The Morgan fingerprint density at radius 2 is 1.78 bits per heavy atom. The molecular weight excluding hydrogens is 292 g/mol. The van der Waals surface area contributed by atoms with Crippen molar-refractivity contribution in [3.05, 3.63) is 42.6 Å². The van der Waals surface area contributed by atoms with Gasteiger partial charge >= 0.3 is 0 Å². The maximum atomic E-state index is 5.72. The summed E-state index contributed by atoms with van der Waals surface area (Å²) in [7, 11) is 1.67.